The minimum Gasteiger partial charge on any atom is -0.454 e. The Balaban J connectivity index is 1.57. The Morgan fingerprint density at radius 2 is 1.84 bits per heavy atom. The third-order valence-corrected chi connectivity index (χ3v) is 6.91. The van der Waals surface area contributed by atoms with E-state index in [4.69, 9.17) is 4.74 Å². The zero-order valence-electron chi connectivity index (χ0n) is 17.0. The molecular formula is C22H20F4N2O3S. The Bertz CT molecular complexity index is 1240. The molecule has 0 bridgehead atoms. The van der Waals surface area contributed by atoms with E-state index in [1.807, 2.05) is 4.72 Å². The van der Waals surface area contributed by atoms with Gasteiger partial charge in [-0.1, -0.05) is 18.2 Å². The molecule has 2 aromatic carbocycles. The quantitative estimate of drug-likeness (QED) is 0.460. The number of nitrogens with one attached hydrogen (secondary N) is 2. The number of aromatic amines is 1. The number of anilines is 1. The van der Waals surface area contributed by atoms with Crippen molar-refractivity contribution in [3.05, 3.63) is 71.6 Å². The maximum Gasteiger partial charge on any atom is 0.263 e. The van der Waals surface area contributed by atoms with Crippen LogP contribution < -0.4 is 9.46 Å². The normalized spacial score (nSPS) is 16.5. The van der Waals surface area contributed by atoms with Crippen LogP contribution in [-0.4, -0.2) is 19.3 Å². The first-order chi connectivity index (χ1) is 15.0. The highest BCUT2D eigenvalue weighted by Gasteiger charge is 2.38. The maximum atomic E-state index is 14.6. The molecule has 1 unspecified atom stereocenters. The Kier molecular flexibility index (Phi) is 5.66. The molecule has 1 atom stereocenters. The zero-order chi connectivity index (χ0) is 23.1. The number of halogens is 4. The average molecular weight is 468 g/mol. The van der Waals surface area contributed by atoms with Crippen molar-refractivity contribution in [1.29, 1.82) is 0 Å². The van der Waals surface area contributed by atoms with Gasteiger partial charge < -0.3 is 9.72 Å². The van der Waals surface area contributed by atoms with Crippen molar-refractivity contribution >= 4 is 15.7 Å². The van der Waals surface area contributed by atoms with Crippen LogP contribution in [0.4, 0.5) is 23.2 Å². The molecule has 170 valence electrons. The van der Waals surface area contributed by atoms with E-state index in [-0.39, 0.29) is 29.9 Å². The van der Waals surface area contributed by atoms with Gasteiger partial charge in [0.15, 0.2) is 17.4 Å². The largest absolute Gasteiger partial charge is 0.454 e. The van der Waals surface area contributed by atoms with Crippen molar-refractivity contribution in [1.82, 2.24) is 4.98 Å². The van der Waals surface area contributed by atoms with Crippen molar-refractivity contribution in [2.24, 2.45) is 5.92 Å². The Morgan fingerprint density at radius 3 is 2.53 bits per heavy atom. The number of alkyl halides is 2. The number of sulfonamides is 1. The third kappa shape index (κ3) is 4.45. The number of H-pyrrole nitrogens is 1. The first kappa shape index (κ1) is 22.2. The molecule has 4 rings (SSSR count). The van der Waals surface area contributed by atoms with Gasteiger partial charge in [-0.3, -0.25) is 4.72 Å². The highest BCUT2D eigenvalue weighted by Crippen LogP contribution is 2.38. The third-order valence-electron chi connectivity index (χ3n) is 5.48. The smallest absolute Gasteiger partial charge is 0.263 e. The van der Waals surface area contributed by atoms with Crippen LogP contribution in [0.25, 0.3) is 0 Å². The van der Waals surface area contributed by atoms with Gasteiger partial charge in [0, 0.05) is 29.9 Å². The van der Waals surface area contributed by atoms with Gasteiger partial charge in [0.05, 0.1) is 5.69 Å². The molecule has 10 heteroatoms. The van der Waals surface area contributed by atoms with E-state index in [1.54, 1.807) is 30.3 Å². The highest BCUT2D eigenvalue weighted by molar-refractivity contribution is 7.92. The van der Waals surface area contributed by atoms with Gasteiger partial charge in [0.2, 0.25) is 5.92 Å². The topological polar surface area (TPSA) is 71.2 Å². The second-order valence-electron chi connectivity index (χ2n) is 7.79. The standard InChI is InChI=1S/C22H20F4N2O3S/c1-22(25,26)13-7-8-15-18(9-13)27-12-21(15)32(29,30)28-19-10-17(24)20(11-16(19)23)31-14-5-3-2-4-6-14/h2-6,10-13,27-28H,7-9H2,1H3. The van der Waals surface area contributed by atoms with Crippen LogP contribution in [0.5, 0.6) is 11.5 Å². The molecule has 1 aliphatic rings. The molecule has 3 aromatic rings. The maximum absolute atomic E-state index is 14.6. The van der Waals surface area contributed by atoms with Crippen LogP contribution in [0.2, 0.25) is 0 Å². The van der Waals surface area contributed by atoms with Gasteiger partial charge in [0.25, 0.3) is 10.0 Å². The Hall–Kier alpha value is -3.01. The average Bonchev–Trinajstić information content (AvgIpc) is 3.16. The van der Waals surface area contributed by atoms with Crippen LogP contribution in [-0.2, 0) is 22.9 Å². The number of benzene rings is 2. The molecule has 1 heterocycles. The monoisotopic (exact) mass is 468 g/mol. The predicted molar refractivity (Wildman–Crippen MR) is 111 cm³/mol. The van der Waals surface area contributed by atoms with Crippen LogP contribution in [0, 0.1) is 17.6 Å². The molecule has 0 aliphatic heterocycles. The molecule has 1 aromatic heterocycles. The van der Waals surface area contributed by atoms with Crippen molar-refractivity contribution in [3.63, 3.8) is 0 Å². The van der Waals surface area contributed by atoms with Gasteiger partial charge >= 0.3 is 0 Å². The van der Waals surface area contributed by atoms with E-state index in [9.17, 15) is 26.0 Å². The summed E-state index contributed by atoms with van der Waals surface area (Å²) >= 11 is 0. The van der Waals surface area contributed by atoms with E-state index in [2.05, 4.69) is 4.98 Å². The number of fused-ring (bicyclic) bond motifs is 1. The van der Waals surface area contributed by atoms with E-state index in [0.29, 0.717) is 17.3 Å². The first-order valence-electron chi connectivity index (χ1n) is 9.86. The molecule has 0 spiro atoms. The van der Waals surface area contributed by atoms with Crippen LogP contribution in [0.3, 0.4) is 0 Å². The summed E-state index contributed by atoms with van der Waals surface area (Å²) in [5, 5.41) is 0. The molecule has 1 aliphatic carbocycles. The number of hydrogen-bond acceptors (Lipinski definition) is 3. The highest BCUT2D eigenvalue weighted by atomic mass is 32.2. The summed E-state index contributed by atoms with van der Waals surface area (Å²) < 4.78 is 89.4. The van der Waals surface area contributed by atoms with Gasteiger partial charge in [-0.25, -0.2) is 26.0 Å². The minimum absolute atomic E-state index is 0.00284. The molecule has 32 heavy (non-hydrogen) atoms. The van der Waals surface area contributed by atoms with Crippen LogP contribution in [0.1, 0.15) is 24.6 Å². The number of hydrogen-bond donors (Lipinski definition) is 2. The second-order valence-corrected chi connectivity index (χ2v) is 9.44. The molecule has 2 N–H and O–H groups in total. The fraction of sp³-hybridized carbons (Fsp3) is 0.273. The van der Waals surface area contributed by atoms with Crippen LogP contribution >= 0.6 is 0 Å². The van der Waals surface area contributed by atoms with Gasteiger partial charge in [0.1, 0.15) is 10.6 Å². The zero-order valence-corrected chi connectivity index (χ0v) is 17.8. The van der Waals surface area contributed by atoms with E-state index in [0.717, 1.165) is 13.0 Å². The number of aromatic nitrogens is 1. The molecular weight excluding hydrogens is 448 g/mol. The molecule has 5 nitrogen and oxygen atoms in total. The lowest BCUT2D eigenvalue weighted by Gasteiger charge is -2.27. The Morgan fingerprint density at radius 1 is 1.12 bits per heavy atom. The summed E-state index contributed by atoms with van der Waals surface area (Å²) in [5.74, 6) is -5.89. The van der Waals surface area contributed by atoms with Crippen molar-refractivity contribution in [2.45, 2.75) is 37.0 Å². The summed E-state index contributed by atoms with van der Waals surface area (Å²) in [6, 6.07) is 9.61. The predicted octanol–water partition coefficient (Wildman–Crippen LogP) is 5.65. The molecule has 0 saturated carbocycles. The molecule has 0 radical (unpaired) electrons. The second kappa shape index (κ2) is 8.16. The lowest BCUT2D eigenvalue weighted by atomic mass is 9.84. The van der Waals surface area contributed by atoms with Crippen LogP contribution in [0.15, 0.2) is 53.6 Å². The van der Waals surface area contributed by atoms with Gasteiger partial charge in [-0.05, 0) is 43.9 Å². The van der Waals surface area contributed by atoms with E-state index >= 15 is 0 Å². The van der Waals surface area contributed by atoms with E-state index in [1.165, 1.54) is 6.20 Å². The lowest BCUT2D eigenvalue weighted by Crippen LogP contribution is -2.30. The number of para-hydroxylation sites is 1. The van der Waals surface area contributed by atoms with Crippen molar-refractivity contribution in [3.8, 4) is 11.5 Å². The first-order valence-corrected chi connectivity index (χ1v) is 11.3. The fourth-order valence-corrected chi connectivity index (χ4v) is 5.09. The Labute approximate surface area is 182 Å². The van der Waals surface area contributed by atoms with Gasteiger partial charge in [-0.2, -0.15) is 0 Å². The number of rotatable bonds is 6. The molecule has 0 fully saturated rings. The SMILES string of the molecule is CC(F)(F)C1CCc2c(S(=O)(=O)Nc3cc(F)c(Oc4ccccc4)cc3F)c[nH]c2C1. The summed E-state index contributed by atoms with van der Waals surface area (Å²) in [6.45, 7) is 0.841. The lowest BCUT2D eigenvalue weighted by molar-refractivity contribution is -0.0448. The molecule has 0 amide bonds. The fourth-order valence-electron chi connectivity index (χ4n) is 3.77. The summed E-state index contributed by atoms with van der Waals surface area (Å²) in [7, 11) is -4.29. The van der Waals surface area contributed by atoms with Gasteiger partial charge in [-0.15, -0.1) is 0 Å². The molecule has 0 saturated heterocycles. The van der Waals surface area contributed by atoms with Crippen molar-refractivity contribution < 1.29 is 30.7 Å². The summed E-state index contributed by atoms with van der Waals surface area (Å²) in [6.07, 6.45) is 1.43. The summed E-state index contributed by atoms with van der Waals surface area (Å²) in [4.78, 5) is 2.57. The van der Waals surface area contributed by atoms with E-state index < -0.39 is 44.9 Å². The number of ether oxygens (including phenoxy) is 1. The minimum atomic E-state index is -4.29. The summed E-state index contributed by atoms with van der Waals surface area (Å²) in [5.41, 5.74) is 0.191. The van der Waals surface area contributed by atoms with Crippen molar-refractivity contribution in [2.75, 3.05) is 4.72 Å².